The number of hydrogen-bond donors (Lipinski definition) is 3. The summed E-state index contributed by atoms with van der Waals surface area (Å²) in [5.74, 6) is 2.95. The molecule has 0 amide bonds. The number of rotatable bonds is 7. The first kappa shape index (κ1) is 12.8. The van der Waals surface area contributed by atoms with Crippen molar-refractivity contribution in [2.45, 2.75) is 19.3 Å². The summed E-state index contributed by atoms with van der Waals surface area (Å²) < 4.78 is 5.66. The molecular formula is C14H19N5O. The van der Waals surface area contributed by atoms with Crippen LogP contribution in [0.25, 0.3) is 0 Å². The number of ether oxygens (including phenoxy) is 1. The van der Waals surface area contributed by atoms with E-state index in [4.69, 9.17) is 10.5 Å². The summed E-state index contributed by atoms with van der Waals surface area (Å²) in [6, 6.07) is 3.69. The van der Waals surface area contributed by atoms with Gasteiger partial charge in [0.05, 0.1) is 12.3 Å². The second kappa shape index (κ2) is 5.81. The standard InChI is InChI=1S/C14H19N5O/c15-11-3-4-13(16-6-5-12-17-7-8-18-12)19-14(11)20-9-10-1-2-10/h3-4,7-8,10H,1-2,5-6,9,15H2,(H,16,19)(H,17,18). The van der Waals surface area contributed by atoms with Gasteiger partial charge in [0.25, 0.3) is 0 Å². The predicted octanol–water partition coefficient (Wildman–Crippen LogP) is 1.83. The van der Waals surface area contributed by atoms with Crippen LogP contribution < -0.4 is 15.8 Å². The number of pyridine rings is 1. The van der Waals surface area contributed by atoms with Gasteiger partial charge < -0.3 is 20.8 Å². The molecule has 0 spiro atoms. The minimum absolute atomic E-state index is 0.528. The van der Waals surface area contributed by atoms with Crippen LogP contribution in [0.15, 0.2) is 24.5 Å². The number of aromatic nitrogens is 3. The molecule has 2 aromatic rings. The maximum absolute atomic E-state index is 5.87. The highest BCUT2D eigenvalue weighted by Gasteiger charge is 2.22. The lowest BCUT2D eigenvalue weighted by atomic mass is 10.3. The molecule has 0 radical (unpaired) electrons. The molecule has 1 fully saturated rings. The molecule has 0 aliphatic heterocycles. The second-order valence-corrected chi connectivity index (χ2v) is 5.06. The summed E-state index contributed by atoms with van der Waals surface area (Å²) in [4.78, 5) is 11.6. The van der Waals surface area contributed by atoms with Crippen LogP contribution in [0.5, 0.6) is 5.88 Å². The Kier molecular flexibility index (Phi) is 3.71. The molecule has 0 saturated heterocycles. The van der Waals surface area contributed by atoms with Crippen molar-refractivity contribution in [3.05, 3.63) is 30.4 Å². The molecule has 0 atom stereocenters. The lowest BCUT2D eigenvalue weighted by Crippen LogP contribution is -2.09. The van der Waals surface area contributed by atoms with Gasteiger partial charge in [-0.05, 0) is 30.9 Å². The fourth-order valence-electron chi connectivity index (χ4n) is 1.89. The number of nitrogens with one attached hydrogen (secondary N) is 2. The summed E-state index contributed by atoms with van der Waals surface area (Å²) in [6.07, 6.45) is 6.89. The minimum Gasteiger partial charge on any atom is -0.476 e. The largest absolute Gasteiger partial charge is 0.476 e. The topological polar surface area (TPSA) is 88.8 Å². The average Bonchev–Trinajstić information content (AvgIpc) is 3.14. The van der Waals surface area contributed by atoms with E-state index < -0.39 is 0 Å². The van der Waals surface area contributed by atoms with Crippen LogP contribution >= 0.6 is 0 Å². The number of aromatic amines is 1. The Balaban J connectivity index is 1.53. The van der Waals surface area contributed by atoms with Crippen molar-refractivity contribution >= 4 is 11.5 Å². The van der Waals surface area contributed by atoms with E-state index in [9.17, 15) is 0 Å². The molecule has 20 heavy (non-hydrogen) atoms. The van der Waals surface area contributed by atoms with Crippen molar-refractivity contribution in [3.63, 3.8) is 0 Å². The van der Waals surface area contributed by atoms with Crippen LogP contribution in [0.2, 0.25) is 0 Å². The van der Waals surface area contributed by atoms with Crippen molar-refractivity contribution in [1.82, 2.24) is 15.0 Å². The number of hydrogen-bond acceptors (Lipinski definition) is 5. The van der Waals surface area contributed by atoms with Gasteiger partial charge in [0.15, 0.2) is 0 Å². The van der Waals surface area contributed by atoms with Gasteiger partial charge in [0, 0.05) is 25.4 Å². The molecule has 1 aliphatic carbocycles. The monoisotopic (exact) mass is 273 g/mol. The Morgan fingerprint density at radius 1 is 1.40 bits per heavy atom. The number of nitrogens with two attached hydrogens (primary N) is 1. The molecule has 2 heterocycles. The van der Waals surface area contributed by atoms with E-state index in [-0.39, 0.29) is 0 Å². The number of anilines is 2. The van der Waals surface area contributed by atoms with Crippen LogP contribution in [0.3, 0.4) is 0 Å². The summed E-state index contributed by atoms with van der Waals surface area (Å²) in [5.41, 5.74) is 6.46. The molecule has 0 bridgehead atoms. The van der Waals surface area contributed by atoms with Crippen molar-refractivity contribution in [2.24, 2.45) is 5.92 Å². The SMILES string of the molecule is Nc1ccc(NCCc2ncc[nH]2)nc1OCC1CC1. The number of nitrogen functional groups attached to an aromatic ring is 1. The normalized spacial score (nSPS) is 14.2. The van der Waals surface area contributed by atoms with Gasteiger partial charge in [-0.25, -0.2) is 4.98 Å². The Labute approximate surface area is 117 Å². The second-order valence-electron chi connectivity index (χ2n) is 5.06. The Hall–Kier alpha value is -2.24. The molecule has 3 rings (SSSR count). The molecule has 106 valence electrons. The molecule has 1 aliphatic rings. The predicted molar refractivity (Wildman–Crippen MR) is 77.6 cm³/mol. The van der Waals surface area contributed by atoms with E-state index in [1.54, 1.807) is 6.20 Å². The molecule has 0 aromatic carbocycles. The summed E-state index contributed by atoms with van der Waals surface area (Å²) in [7, 11) is 0. The third-order valence-electron chi connectivity index (χ3n) is 3.27. The highest BCUT2D eigenvalue weighted by Crippen LogP contribution is 2.30. The smallest absolute Gasteiger partial charge is 0.239 e. The van der Waals surface area contributed by atoms with Gasteiger partial charge >= 0.3 is 0 Å². The quantitative estimate of drug-likeness (QED) is 0.716. The fourth-order valence-corrected chi connectivity index (χ4v) is 1.89. The van der Waals surface area contributed by atoms with Gasteiger partial charge in [-0.3, -0.25) is 0 Å². The third-order valence-corrected chi connectivity index (χ3v) is 3.27. The Bertz CT molecular complexity index is 551. The average molecular weight is 273 g/mol. The van der Waals surface area contributed by atoms with Crippen molar-refractivity contribution in [2.75, 3.05) is 24.2 Å². The van der Waals surface area contributed by atoms with Crippen LogP contribution in [0.1, 0.15) is 18.7 Å². The molecule has 6 heteroatoms. The zero-order valence-electron chi connectivity index (χ0n) is 11.3. The zero-order valence-corrected chi connectivity index (χ0v) is 11.3. The lowest BCUT2D eigenvalue weighted by molar-refractivity contribution is 0.290. The molecule has 0 unspecified atom stereocenters. The first-order valence-electron chi connectivity index (χ1n) is 6.93. The molecule has 4 N–H and O–H groups in total. The van der Waals surface area contributed by atoms with E-state index in [0.717, 1.165) is 24.6 Å². The van der Waals surface area contributed by atoms with E-state index in [0.29, 0.717) is 24.1 Å². The summed E-state index contributed by atoms with van der Waals surface area (Å²) in [5, 5.41) is 3.25. The minimum atomic E-state index is 0.528. The maximum atomic E-state index is 5.87. The summed E-state index contributed by atoms with van der Waals surface area (Å²) in [6.45, 7) is 1.47. The van der Waals surface area contributed by atoms with Crippen LogP contribution in [-0.4, -0.2) is 28.1 Å². The van der Waals surface area contributed by atoms with Gasteiger partial charge in [-0.1, -0.05) is 0 Å². The number of H-pyrrole nitrogens is 1. The lowest BCUT2D eigenvalue weighted by Gasteiger charge is -2.10. The molecule has 2 aromatic heterocycles. The van der Waals surface area contributed by atoms with E-state index in [2.05, 4.69) is 20.3 Å². The van der Waals surface area contributed by atoms with Crippen molar-refractivity contribution in [1.29, 1.82) is 0 Å². The summed E-state index contributed by atoms with van der Waals surface area (Å²) >= 11 is 0. The van der Waals surface area contributed by atoms with Gasteiger partial charge in [-0.15, -0.1) is 0 Å². The molecule has 1 saturated carbocycles. The third kappa shape index (κ3) is 3.40. The van der Waals surface area contributed by atoms with Crippen molar-refractivity contribution < 1.29 is 4.74 Å². The molecular weight excluding hydrogens is 254 g/mol. The van der Waals surface area contributed by atoms with Gasteiger partial charge in [0.1, 0.15) is 11.6 Å². The number of imidazole rings is 1. The highest BCUT2D eigenvalue weighted by molar-refractivity contribution is 5.53. The van der Waals surface area contributed by atoms with Gasteiger partial charge in [0.2, 0.25) is 5.88 Å². The Morgan fingerprint density at radius 3 is 3.05 bits per heavy atom. The zero-order chi connectivity index (χ0) is 13.8. The first-order valence-corrected chi connectivity index (χ1v) is 6.93. The molecule has 6 nitrogen and oxygen atoms in total. The van der Waals surface area contributed by atoms with E-state index in [1.165, 1.54) is 12.8 Å². The van der Waals surface area contributed by atoms with Crippen molar-refractivity contribution in [3.8, 4) is 5.88 Å². The number of nitrogens with zero attached hydrogens (tertiary/aromatic N) is 2. The van der Waals surface area contributed by atoms with Crippen LogP contribution in [-0.2, 0) is 6.42 Å². The van der Waals surface area contributed by atoms with E-state index in [1.807, 2.05) is 18.3 Å². The first-order chi connectivity index (χ1) is 9.81. The Morgan fingerprint density at radius 2 is 2.30 bits per heavy atom. The fraction of sp³-hybridized carbons (Fsp3) is 0.429. The van der Waals surface area contributed by atoms with Gasteiger partial charge in [-0.2, -0.15) is 4.98 Å². The van der Waals surface area contributed by atoms with E-state index >= 15 is 0 Å². The highest BCUT2D eigenvalue weighted by atomic mass is 16.5. The maximum Gasteiger partial charge on any atom is 0.239 e. The van der Waals surface area contributed by atoms with Crippen LogP contribution in [0.4, 0.5) is 11.5 Å². The van der Waals surface area contributed by atoms with Crippen LogP contribution in [0, 0.1) is 5.92 Å².